The number of benzene rings is 3. The van der Waals surface area contributed by atoms with Crippen molar-refractivity contribution in [2.45, 2.75) is 19.3 Å². The van der Waals surface area contributed by atoms with Crippen molar-refractivity contribution in [3.63, 3.8) is 0 Å². The van der Waals surface area contributed by atoms with Crippen molar-refractivity contribution in [1.82, 2.24) is 0 Å². The van der Waals surface area contributed by atoms with Crippen molar-refractivity contribution in [3.05, 3.63) is 77.4 Å². The third-order valence-corrected chi connectivity index (χ3v) is 5.07. The highest BCUT2D eigenvalue weighted by atomic mass is 16.3. The molecule has 1 aliphatic rings. The van der Waals surface area contributed by atoms with Gasteiger partial charge in [0.1, 0.15) is 5.75 Å². The molecule has 0 atom stereocenters. The Balaban J connectivity index is 1.89. The fraction of sp³-hybridized carbons (Fsp3) is 0.136. The third kappa shape index (κ3) is 2.00. The number of fused-ring (bicyclic) bond motifs is 3. The highest BCUT2D eigenvalue weighted by Crippen LogP contribution is 2.49. The predicted molar refractivity (Wildman–Crippen MR) is 96.5 cm³/mol. The van der Waals surface area contributed by atoms with Crippen LogP contribution < -0.4 is 0 Å². The third-order valence-electron chi connectivity index (χ3n) is 5.07. The van der Waals surface area contributed by atoms with E-state index in [1.165, 1.54) is 22.3 Å². The molecule has 0 saturated carbocycles. The molecule has 2 nitrogen and oxygen atoms in total. The fourth-order valence-corrected chi connectivity index (χ4v) is 3.71. The SMILES string of the molecule is CC1(C)c2ccccc2-c2ccc(-c3ccc(O)c(C=O)c3)cc21. The zero-order chi connectivity index (χ0) is 16.9. The second-order valence-electron chi connectivity index (χ2n) is 6.82. The summed E-state index contributed by atoms with van der Waals surface area (Å²) in [4.78, 5) is 11.1. The zero-order valence-electron chi connectivity index (χ0n) is 13.7. The number of aldehydes is 1. The first-order chi connectivity index (χ1) is 11.5. The molecule has 0 spiro atoms. The van der Waals surface area contributed by atoms with E-state index >= 15 is 0 Å². The van der Waals surface area contributed by atoms with Crippen LogP contribution in [0.4, 0.5) is 0 Å². The standard InChI is InChI=1S/C22H18O2/c1-22(2)19-6-4-3-5-17(19)18-9-7-15(12-20(18)22)14-8-10-21(24)16(11-14)13-23/h3-13,24H,1-2H3. The van der Waals surface area contributed by atoms with Gasteiger partial charge in [0, 0.05) is 5.41 Å². The molecule has 24 heavy (non-hydrogen) atoms. The average molecular weight is 314 g/mol. The maximum absolute atomic E-state index is 11.1. The van der Waals surface area contributed by atoms with Crippen LogP contribution in [-0.2, 0) is 5.41 Å². The molecular formula is C22H18O2. The number of carbonyl (C=O) groups excluding carboxylic acids is 1. The average Bonchev–Trinajstić information content (AvgIpc) is 2.83. The quantitative estimate of drug-likeness (QED) is 0.662. The summed E-state index contributed by atoms with van der Waals surface area (Å²) in [5.74, 6) is 0.0163. The van der Waals surface area contributed by atoms with E-state index in [1.54, 1.807) is 12.1 Å². The van der Waals surface area contributed by atoms with Gasteiger partial charge in [-0.25, -0.2) is 0 Å². The van der Waals surface area contributed by atoms with Gasteiger partial charge in [0.05, 0.1) is 5.56 Å². The first kappa shape index (κ1) is 14.7. The molecule has 0 heterocycles. The van der Waals surface area contributed by atoms with E-state index in [9.17, 15) is 9.90 Å². The van der Waals surface area contributed by atoms with Gasteiger partial charge in [-0.1, -0.05) is 56.3 Å². The largest absolute Gasteiger partial charge is 0.507 e. The molecule has 0 bridgehead atoms. The lowest BCUT2D eigenvalue weighted by Crippen LogP contribution is -2.14. The molecule has 0 unspecified atom stereocenters. The minimum atomic E-state index is -0.0493. The number of hydrogen-bond acceptors (Lipinski definition) is 2. The van der Waals surface area contributed by atoms with Gasteiger partial charge in [-0.2, -0.15) is 0 Å². The molecule has 1 aliphatic carbocycles. The number of phenols is 1. The number of carbonyl (C=O) groups is 1. The summed E-state index contributed by atoms with van der Waals surface area (Å²) in [6.45, 7) is 4.49. The van der Waals surface area contributed by atoms with Crippen LogP contribution in [0.5, 0.6) is 5.75 Å². The van der Waals surface area contributed by atoms with E-state index in [2.05, 4.69) is 56.3 Å². The molecule has 0 saturated heterocycles. The van der Waals surface area contributed by atoms with Crippen LogP contribution in [0.1, 0.15) is 35.3 Å². The molecule has 0 aromatic heterocycles. The van der Waals surface area contributed by atoms with E-state index in [-0.39, 0.29) is 11.2 Å². The summed E-state index contributed by atoms with van der Waals surface area (Å²) in [6.07, 6.45) is 0.686. The van der Waals surface area contributed by atoms with Crippen LogP contribution in [0, 0.1) is 0 Å². The maximum Gasteiger partial charge on any atom is 0.153 e. The monoisotopic (exact) mass is 314 g/mol. The molecule has 118 valence electrons. The van der Waals surface area contributed by atoms with Gasteiger partial charge in [0.15, 0.2) is 6.29 Å². The summed E-state index contributed by atoms with van der Waals surface area (Å²) in [7, 11) is 0. The van der Waals surface area contributed by atoms with Crippen LogP contribution in [0.15, 0.2) is 60.7 Å². The van der Waals surface area contributed by atoms with Gasteiger partial charge in [0.2, 0.25) is 0 Å². The van der Waals surface area contributed by atoms with Crippen LogP contribution in [0.3, 0.4) is 0 Å². The maximum atomic E-state index is 11.1. The van der Waals surface area contributed by atoms with Crippen molar-refractivity contribution in [1.29, 1.82) is 0 Å². The summed E-state index contributed by atoms with van der Waals surface area (Å²) >= 11 is 0. The molecule has 0 aliphatic heterocycles. The van der Waals surface area contributed by atoms with E-state index < -0.39 is 0 Å². The Bertz CT molecular complexity index is 967. The Morgan fingerprint density at radius 2 is 1.50 bits per heavy atom. The summed E-state index contributed by atoms with van der Waals surface area (Å²) in [5.41, 5.74) is 7.46. The lowest BCUT2D eigenvalue weighted by molar-refractivity contribution is 0.112. The molecule has 2 heteroatoms. The lowest BCUT2D eigenvalue weighted by Gasteiger charge is -2.22. The Labute approximate surface area is 141 Å². The Hall–Kier alpha value is -2.87. The van der Waals surface area contributed by atoms with Crippen LogP contribution >= 0.6 is 0 Å². The molecule has 4 rings (SSSR count). The predicted octanol–water partition coefficient (Wildman–Crippen LogP) is 5.18. The van der Waals surface area contributed by atoms with Crippen molar-refractivity contribution in [3.8, 4) is 28.0 Å². The number of phenolic OH excluding ortho intramolecular Hbond substituents is 1. The minimum Gasteiger partial charge on any atom is -0.507 e. The van der Waals surface area contributed by atoms with E-state index in [0.717, 1.165) is 11.1 Å². The summed E-state index contributed by atoms with van der Waals surface area (Å²) in [6, 6.07) is 20.1. The van der Waals surface area contributed by atoms with Gasteiger partial charge in [-0.15, -0.1) is 0 Å². The van der Waals surface area contributed by atoms with Crippen molar-refractivity contribution >= 4 is 6.29 Å². The number of aromatic hydroxyl groups is 1. The molecular weight excluding hydrogens is 296 g/mol. The topological polar surface area (TPSA) is 37.3 Å². The van der Waals surface area contributed by atoms with Crippen molar-refractivity contribution in [2.24, 2.45) is 0 Å². The van der Waals surface area contributed by atoms with Crippen LogP contribution in [-0.4, -0.2) is 11.4 Å². The lowest BCUT2D eigenvalue weighted by atomic mass is 9.81. The molecule has 3 aromatic rings. The highest BCUT2D eigenvalue weighted by Gasteiger charge is 2.35. The number of rotatable bonds is 2. The molecule has 0 radical (unpaired) electrons. The molecule has 0 amide bonds. The number of hydrogen-bond donors (Lipinski definition) is 1. The summed E-state index contributed by atoms with van der Waals surface area (Å²) < 4.78 is 0. The van der Waals surface area contributed by atoms with Gasteiger partial charge in [0.25, 0.3) is 0 Å². The normalized spacial score (nSPS) is 14.1. The summed E-state index contributed by atoms with van der Waals surface area (Å²) in [5, 5.41) is 9.71. The van der Waals surface area contributed by atoms with Gasteiger partial charge < -0.3 is 5.11 Å². The second-order valence-corrected chi connectivity index (χ2v) is 6.82. The highest BCUT2D eigenvalue weighted by molar-refractivity contribution is 5.86. The molecule has 0 fully saturated rings. The van der Waals surface area contributed by atoms with E-state index in [1.807, 2.05) is 6.07 Å². The smallest absolute Gasteiger partial charge is 0.153 e. The first-order valence-corrected chi connectivity index (χ1v) is 8.05. The fourth-order valence-electron chi connectivity index (χ4n) is 3.71. The Morgan fingerprint density at radius 1 is 0.833 bits per heavy atom. The second kappa shape index (κ2) is 5.07. The minimum absolute atomic E-state index is 0.0163. The van der Waals surface area contributed by atoms with Gasteiger partial charge in [-0.3, -0.25) is 4.79 Å². The van der Waals surface area contributed by atoms with Gasteiger partial charge in [-0.05, 0) is 51.6 Å². The van der Waals surface area contributed by atoms with Gasteiger partial charge >= 0.3 is 0 Å². The first-order valence-electron chi connectivity index (χ1n) is 8.05. The van der Waals surface area contributed by atoms with Crippen molar-refractivity contribution < 1.29 is 9.90 Å². The molecule has 1 N–H and O–H groups in total. The van der Waals surface area contributed by atoms with Crippen LogP contribution in [0.25, 0.3) is 22.3 Å². The van der Waals surface area contributed by atoms with Crippen LogP contribution in [0.2, 0.25) is 0 Å². The Kier molecular flexibility index (Phi) is 3.10. The van der Waals surface area contributed by atoms with E-state index in [0.29, 0.717) is 11.8 Å². The zero-order valence-corrected chi connectivity index (χ0v) is 13.7. The molecule has 3 aromatic carbocycles. The van der Waals surface area contributed by atoms with Crippen molar-refractivity contribution in [2.75, 3.05) is 0 Å². The Morgan fingerprint density at radius 3 is 2.29 bits per heavy atom. The van der Waals surface area contributed by atoms with E-state index in [4.69, 9.17) is 0 Å².